The van der Waals surface area contributed by atoms with Crippen LogP contribution in [0.1, 0.15) is 93.5 Å². The van der Waals surface area contributed by atoms with Gasteiger partial charge in [0.1, 0.15) is 0 Å². The van der Waals surface area contributed by atoms with E-state index in [-0.39, 0.29) is 4.90 Å². The van der Waals surface area contributed by atoms with Crippen molar-refractivity contribution in [3.63, 3.8) is 0 Å². The lowest BCUT2D eigenvalue weighted by molar-refractivity contribution is 0.724. The average molecular weight is 609 g/mol. The van der Waals surface area contributed by atoms with Gasteiger partial charge in [-0.25, -0.2) is 0 Å². The van der Waals surface area contributed by atoms with Crippen LogP contribution in [0.2, 0.25) is 0 Å². The van der Waals surface area contributed by atoms with Crippen LogP contribution in [0.5, 0.6) is 0 Å². The molecule has 4 rings (SSSR count). The smallest absolute Gasteiger partial charge is 0.0262 e. The van der Waals surface area contributed by atoms with Crippen molar-refractivity contribution in [3.8, 4) is 0 Å². The lowest BCUT2D eigenvalue weighted by Gasteiger charge is -2.49. The van der Waals surface area contributed by atoms with Gasteiger partial charge in [0.25, 0.3) is 0 Å². The summed E-state index contributed by atoms with van der Waals surface area (Å²) >= 11 is 0. The Hall–Kier alpha value is -2.26. The minimum atomic E-state index is -0.715. The molecule has 0 amide bonds. The molecule has 0 aliphatic heterocycles. The minimum Gasteiger partial charge on any atom is -0.0641 e. The summed E-state index contributed by atoms with van der Waals surface area (Å²) in [5, 5.41) is 6.29. The highest BCUT2D eigenvalue weighted by Crippen LogP contribution is 2.69. The molecule has 0 saturated heterocycles. The molecule has 0 spiro atoms. The van der Waals surface area contributed by atoms with Gasteiger partial charge in [0.05, 0.1) is 0 Å². The fourth-order valence-corrected chi connectivity index (χ4v) is 15.5. The molecule has 2 heteroatoms. The van der Waals surface area contributed by atoms with E-state index in [2.05, 4.69) is 145 Å². The Morgan fingerprint density at radius 3 is 0.744 bits per heavy atom. The van der Waals surface area contributed by atoms with Gasteiger partial charge in [-0.15, -0.1) is 0 Å². The second kappa shape index (κ2) is 13.0. The summed E-state index contributed by atoms with van der Waals surface area (Å²) < 4.78 is 0. The van der Waals surface area contributed by atoms with E-state index >= 15 is 0 Å². The number of rotatable bonds is 8. The molecule has 4 aromatic rings. The van der Waals surface area contributed by atoms with Crippen LogP contribution in [0, 0.1) is 83.1 Å². The zero-order chi connectivity index (χ0) is 32.0. The summed E-state index contributed by atoms with van der Waals surface area (Å²) in [5.74, 6) is 0. The highest BCUT2D eigenvalue weighted by Gasteiger charge is 2.47. The van der Waals surface area contributed by atoms with Crippen molar-refractivity contribution >= 4 is 37.1 Å². The third kappa shape index (κ3) is 5.69. The van der Waals surface area contributed by atoms with Gasteiger partial charge in [0.2, 0.25) is 0 Å². The van der Waals surface area contributed by atoms with Crippen molar-refractivity contribution in [2.45, 2.75) is 115 Å². The van der Waals surface area contributed by atoms with Crippen LogP contribution in [-0.4, -0.2) is 4.90 Å². The maximum atomic E-state index is 2.51. The summed E-state index contributed by atoms with van der Waals surface area (Å²) in [6, 6.07) is 19.6. The second-order valence-electron chi connectivity index (χ2n) is 13.0. The first kappa shape index (κ1) is 33.6. The molecule has 4 aromatic carbocycles. The molecule has 0 fully saturated rings. The van der Waals surface area contributed by atoms with Gasteiger partial charge in [-0.1, -0.05) is 62.4 Å². The molecule has 0 atom stereocenters. The average Bonchev–Trinajstić information content (AvgIpc) is 2.99. The van der Waals surface area contributed by atoms with Crippen LogP contribution in [0.25, 0.3) is 0 Å². The third-order valence-corrected chi connectivity index (χ3v) is 19.0. The molecule has 0 aliphatic rings. The van der Waals surface area contributed by atoms with Gasteiger partial charge in [-0.05, 0) is 200 Å². The van der Waals surface area contributed by atoms with E-state index in [0.717, 1.165) is 12.8 Å². The van der Waals surface area contributed by atoms with Crippen molar-refractivity contribution in [1.82, 2.24) is 0 Å². The summed E-state index contributed by atoms with van der Waals surface area (Å²) in [4.78, 5) is 0.0719. The molecule has 0 unspecified atom stereocenters. The first-order valence-electron chi connectivity index (χ1n) is 16.1. The lowest BCUT2D eigenvalue weighted by atomic mass is 10.0. The fourth-order valence-electron chi connectivity index (χ4n) is 6.87. The number of benzene rings is 4. The first-order chi connectivity index (χ1) is 20.2. The van der Waals surface area contributed by atoms with Crippen molar-refractivity contribution < 1.29 is 0 Å². The van der Waals surface area contributed by atoms with Crippen LogP contribution in [0.3, 0.4) is 0 Å². The Bertz CT molecular complexity index is 1430. The molecular weight excluding hydrogens is 554 g/mol. The molecule has 0 aliphatic carbocycles. The first-order valence-corrected chi connectivity index (χ1v) is 18.8. The Kier molecular flexibility index (Phi) is 10.2. The van der Waals surface area contributed by atoms with Crippen LogP contribution in [0.4, 0.5) is 0 Å². The van der Waals surface area contributed by atoms with Crippen molar-refractivity contribution in [1.29, 1.82) is 0 Å². The highest BCUT2D eigenvalue weighted by molar-refractivity contribution is 7.91. The van der Waals surface area contributed by atoms with E-state index in [1.165, 1.54) is 66.8 Å². The zero-order valence-electron chi connectivity index (χ0n) is 29.4. The molecule has 0 N–H and O–H groups in total. The van der Waals surface area contributed by atoms with Crippen molar-refractivity contribution in [3.05, 3.63) is 115 Å². The Morgan fingerprint density at radius 2 is 0.558 bits per heavy atom. The summed E-state index contributed by atoms with van der Waals surface area (Å²) in [6.07, 6.45) is 2.27. The second-order valence-corrected chi connectivity index (χ2v) is 18.3. The van der Waals surface area contributed by atoms with Crippen molar-refractivity contribution in [2.24, 2.45) is 0 Å². The van der Waals surface area contributed by atoms with E-state index in [0.29, 0.717) is 0 Å². The maximum absolute atomic E-state index is 2.51. The van der Waals surface area contributed by atoms with Crippen LogP contribution in [0.15, 0.2) is 48.5 Å². The zero-order valence-corrected chi connectivity index (χ0v) is 31.2. The van der Waals surface area contributed by atoms with Gasteiger partial charge in [-0.3, -0.25) is 0 Å². The van der Waals surface area contributed by atoms with Gasteiger partial charge >= 0.3 is 0 Å². The van der Waals surface area contributed by atoms with Gasteiger partial charge in [0.15, 0.2) is 0 Å². The highest BCUT2D eigenvalue weighted by atomic mass is 31.2. The molecule has 43 heavy (non-hydrogen) atoms. The number of hydrogen-bond acceptors (Lipinski definition) is 0. The van der Waals surface area contributed by atoms with Crippen LogP contribution < -0.4 is 21.2 Å². The van der Waals surface area contributed by atoms with Crippen LogP contribution >= 0.6 is 15.8 Å². The minimum absolute atomic E-state index is 0.0719. The monoisotopic (exact) mass is 608 g/mol. The van der Waals surface area contributed by atoms with Crippen LogP contribution in [-0.2, 0) is 0 Å². The fraction of sp³-hybridized carbons (Fsp3) is 0.415. The lowest BCUT2D eigenvalue weighted by Crippen LogP contribution is -2.41. The Balaban J connectivity index is 2.24. The summed E-state index contributed by atoms with van der Waals surface area (Å²) in [6.45, 7) is 33.0. The molecule has 0 heterocycles. The standard InChI is InChI=1S/C41H54P2/c1-15-41(16-2,42(37-21-17-25(3)29(7)33(37)11)38-22-18-26(4)30(8)34(38)12)43(39-23-19-27(5)31(9)35(39)13)40-24-20-28(6)32(10)36(40)14/h17-24H,15-16H2,1-14H3. The molecule has 228 valence electrons. The SMILES string of the molecule is CCC(CC)(P(c1ccc(C)c(C)c1C)c1ccc(C)c(C)c1C)P(c1ccc(C)c(C)c1C)c1ccc(C)c(C)c1C. The van der Waals surface area contributed by atoms with E-state index in [4.69, 9.17) is 0 Å². The number of hydrogen-bond donors (Lipinski definition) is 0. The molecule has 0 nitrogen and oxygen atoms in total. The molecule has 0 aromatic heterocycles. The normalized spacial score (nSPS) is 12.1. The van der Waals surface area contributed by atoms with E-state index in [9.17, 15) is 0 Å². The van der Waals surface area contributed by atoms with E-state index < -0.39 is 15.8 Å². The Labute approximate surface area is 266 Å². The Morgan fingerprint density at radius 1 is 0.349 bits per heavy atom. The molecular formula is C41H54P2. The number of aryl methyl sites for hydroxylation is 4. The maximum Gasteiger partial charge on any atom is 0.0262 e. The summed E-state index contributed by atoms with van der Waals surface area (Å²) in [5.41, 5.74) is 17.3. The predicted molar refractivity (Wildman–Crippen MR) is 198 cm³/mol. The molecule has 0 bridgehead atoms. The van der Waals surface area contributed by atoms with E-state index in [1.807, 2.05) is 0 Å². The predicted octanol–water partition coefficient (Wildman–Crippen LogP) is 10.5. The summed E-state index contributed by atoms with van der Waals surface area (Å²) in [7, 11) is -1.43. The topological polar surface area (TPSA) is 0 Å². The largest absolute Gasteiger partial charge is 0.0641 e. The van der Waals surface area contributed by atoms with Gasteiger partial charge < -0.3 is 0 Å². The van der Waals surface area contributed by atoms with Gasteiger partial charge in [0, 0.05) is 4.90 Å². The molecule has 0 saturated carbocycles. The van der Waals surface area contributed by atoms with E-state index in [1.54, 1.807) is 21.2 Å². The third-order valence-electron chi connectivity index (χ3n) is 11.0. The molecule has 0 radical (unpaired) electrons. The van der Waals surface area contributed by atoms with Crippen molar-refractivity contribution in [2.75, 3.05) is 0 Å². The quantitative estimate of drug-likeness (QED) is 0.175. The van der Waals surface area contributed by atoms with Gasteiger partial charge in [-0.2, -0.15) is 0 Å².